The van der Waals surface area contributed by atoms with Crippen molar-refractivity contribution in [3.8, 4) is 0 Å². The van der Waals surface area contributed by atoms with Crippen molar-refractivity contribution in [2.45, 2.75) is 17.1 Å². The van der Waals surface area contributed by atoms with Crippen molar-refractivity contribution in [1.29, 1.82) is 0 Å². The van der Waals surface area contributed by atoms with E-state index in [2.05, 4.69) is 31.9 Å². The molecule has 0 heterocycles. The maximum Gasteiger partial charge on any atom is 0.272 e. The number of aryl methyl sites for hydroxylation is 1. The molecule has 6 nitrogen and oxygen atoms in total. The van der Waals surface area contributed by atoms with Crippen LogP contribution in [0.5, 0.6) is 0 Å². The highest BCUT2D eigenvalue weighted by Gasteiger charge is 2.22. The van der Waals surface area contributed by atoms with Crippen LogP contribution in [0.15, 0.2) is 149 Å². The third-order valence-corrected chi connectivity index (χ3v) is 8.44. The number of anilines is 2. The minimum atomic E-state index is -0.500. The Morgan fingerprint density at radius 1 is 0.711 bits per heavy atom. The maximum atomic E-state index is 13.4. The number of hydrogen-bond donors (Lipinski definition) is 3. The Bertz CT molecular complexity index is 1830. The first-order chi connectivity index (χ1) is 21.8. The number of halogens is 1. The molecular weight excluding hydrogens is 646 g/mol. The Balaban J connectivity index is 1.33. The van der Waals surface area contributed by atoms with Crippen LogP contribution in [-0.4, -0.2) is 17.7 Å². The van der Waals surface area contributed by atoms with Crippen LogP contribution in [0.2, 0.25) is 0 Å². The third-order valence-electron chi connectivity index (χ3n) is 6.68. The van der Waals surface area contributed by atoms with Crippen LogP contribution in [0.4, 0.5) is 11.4 Å². The lowest BCUT2D eigenvalue weighted by Gasteiger charge is -2.18. The van der Waals surface area contributed by atoms with Gasteiger partial charge in [0.1, 0.15) is 10.9 Å². The van der Waals surface area contributed by atoms with E-state index in [4.69, 9.17) is 0 Å². The minimum absolute atomic E-state index is 0.0948. The van der Waals surface area contributed by atoms with Crippen molar-refractivity contribution in [3.63, 3.8) is 0 Å². The summed E-state index contributed by atoms with van der Waals surface area (Å²) in [6.07, 6.45) is 1.63. The molecule has 5 aromatic rings. The number of amides is 3. The molecule has 3 N–H and O–H groups in total. The molecular formula is C37H30BrN3O3S. The van der Waals surface area contributed by atoms with Crippen LogP contribution in [0.3, 0.4) is 0 Å². The summed E-state index contributed by atoms with van der Waals surface area (Å²) in [7, 11) is 0. The van der Waals surface area contributed by atoms with Crippen molar-refractivity contribution in [2.75, 3.05) is 10.6 Å². The maximum absolute atomic E-state index is 13.4. The first-order valence-electron chi connectivity index (χ1n) is 14.2. The highest BCUT2D eigenvalue weighted by Crippen LogP contribution is 2.37. The Labute approximate surface area is 275 Å². The Kier molecular flexibility index (Phi) is 10.6. The van der Waals surface area contributed by atoms with Crippen molar-refractivity contribution in [3.05, 3.63) is 166 Å². The zero-order valence-corrected chi connectivity index (χ0v) is 26.8. The molecule has 0 aliphatic carbocycles. The highest BCUT2D eigenvalue weighted by molar-refractivity contribution is 9.10. The van der Waals surface area contributed by atoms with Gasteiger partial charge < -0.3 is 16.0 Å². The fraction of sp³-hybridized carbons (Fsp3) is 0.0541. The lowest BCUT2D eigenvalue weighted by Crippen LogP contribution is -2.30. The Morgan fingerprint density at radius 2 is 1.40 bits per heavy atom. The van der Waals surface area contributed by atoms with E-state index in [1.807, 2.05) is 104 Å². The number of thioether (sulfide) groups is 1. The normalized spacial score (nSPS) is 11.7. The van der Waals surface area contributed by atoms with E-state index in [0.717, 1.165) is 31.7 Å². The Morgan fingerprint density at radius 3 is 2.09 bits per heavy atom. The van der Waals surface area contributed by atoms with Crippen molar-refractivity contribution in [1.82, 2.24) is 5.32 Å². The summed E-state index contributed by atoms with van der Waals surface area (Å²) in [6.45, 7) is 1.98. The second kappa shape index (κ2) is 15.2. The summed E-state index contributed by atoms with van der Waals surface area (Å²) in [6, 6.07) is 40.7. The number of carbonyl (C=O) groups is 3. The molecule has 0 aliphatic rings. The van der Waals surface area contributed by atoms with Crippen LogP contribution in [0.1, 0.15) is 32.3 Å². The van der Waals surface area contributed by atoms with Gasteiger partial charge in [-0.2, -0.15) is 0 Å². The summed E-state index contributed by atoms with van der Waals surface area (Å²) in [5, 5.41) is 8.19. The molecule has 5 aromatic carbocycles. The lowest BCUT2D eigenvalue weighted by atomic mass is 10.1. The van der Waals surface area contributed by atoms with Gasteiger partial charge in [-0.3, -0.25) is 14.4 Å². The number of benzene rings is 5. The van der Waals surface area contributed by atoms with Gasteiger partial charge in [-0.1, -0.05) is 88.7 Å². The largest absolute Gasteiger partial charge is 0.325 e. The molecule has 0 bridgehead atoms. The standard InChI is InChI=1S/C37H30BrN3O3S/c1-25-10-8-17-31(22-25)40-37(44)34(27-12-4-2-5-13-27)45-32-20-18-30(19-21-32)39-36(43)33(24-26-11-9-16-29(38)23-26)41-35(42)28-14-6-3-7-15-28/h2-24,34H,1H3,(H,39,43)(H,40,44)(H,41,42)/b33-24-. The predicted molar refractivity (Wildman–Crippen MR) is 186 cm³/mol. The molecule has 5 rings (SSSR count). The third kappa shape index (κ3) is 9.04. The Hall–Kier alpha value is -4.92. The van der Waals surface area contributed by atoms with E-state index in [0.29, 0.717) is 11.3 Å². The molecule has 1 unspecified atom stereocenters. The summed E-state index contributed by atoms with van der Waals surface area (Å²) >= 11 is 4.87. The number of nitrogens with one attached hydrogen (secondary N) is 3. The summed E-state index contributed by atoms with van der Waals surface area (Å²) < 4.78 is 0.847. The van der Waals surface area contributed by atoms with Gasteiger partial charge in [0.2, 0.25) is 5.91 Å². The molecule has 0 spiro atoms. The van der Waals surface area contributed by atoms with Crippen LogP contribution >= 0.6 is 27.7 Å². The minimum Gasteiger partial charge on any atom is -0.325 e. The van der Waals surface area contributed by atoms with E-state index in [1.54, 1.807) is 42.5 Å². The summed E-state index contributed by atoms with van der Waals surface area (Å²) in [5.41, 5.74) is 4.49. The van der Waals surface area contributed by atoms with Crippen LogP contribution in [-0.2, 0) is 9.59 Å². The molecule has 0 saturated carbocycles. The van der Waals surface area contributed by atoms with E-state index in [1.165, 1.54) is 11.8 Å². The van der Waals surface area contributed by atoms with Gasteiger partial charge >= 0.3 is 0 Å². The fourth-order valence-corrected chi connectivity index (χ4v) is 5.93. The number of carbonyl (C=O) groups excluding carboxylic acids is 3. The first kappa shape index (κ1) is 31.5. The lowest BCUT2D eigenvalue weighted by molar-refractivity contribution is -0.116. The van der Waals surface area contributed by atoms with Crippen molar-refractivity contribution >= 4 is 62.9 Å². The zero-order valence-electron chi connectivity index (χ0n) is 24.4. The van der Waals surface area contributed by atoms with Gasteiger partial charge in [0.25, 0.3) is 11.8 Å². The zero-order chi connectivity index (χ0) is 31.6. The highest BCUT2D eigenvalue weighted by atomic mass is 79.9. The molecule has 8 heteroatoms. The van der Waals surface area contributed by atoms with Gasteiger partial charge in [-0.25, -0.2) is 0 Å². The second-order valence-corrected chi connectivity index (χ2v) is 12.3. The van der Waals surface area contributed by atoms with Crippen LogP contribution in [0.25, 0.3) is 6.08 Å². The average Bonchev–Trinajstić information content (AvgIpc) is 3.05. The smallest absolute Gasteiger partial charge is 0.272 e. The molecule has 224 valence electrons. The fourth-order valence-electron chi connectivity index (χ4n) is 4.49. The average molecular weight is 677 g/mol. The summed E-state index contributed by atoms with van der Waals surface area (Å²) in [4.78, 5) is 40.7. The number of rotatable bonds is 10. The first-order valence-corrected chi connectivity index (χ1v) is 15.9. The van der Waals surface area contributed by atoms with Gasteiger partial charge in [0.15, 0.2) is 0 Å². The van der Waals surface area contributed by atoms with E-state index < -0.39 is 17.1 Å². The molecule has 0 fully saturated rings. The van der Waals surface area contributed by atoms with Gasteiger partial charge in [0.05, 0.1) is 0 Å². The quantitative estimate of drug-likeness (QED) is 0.102. The topological polar surface area (TPSA) is 87.3 Å². The molecule has 0 aliphatic heterocycles. The second-order valence-electron chi connectivity index (χ2n) is 10.2. The van der Waals surface area contributed by atoms with Gasteiger partial charge in [0, 0.05) is 26.3 Å². The van der Waals surface area contributed by atoms with Crippen molar-refractivity contribution < 1.29 is 14.4 Å². The molecule has 0 radical (unpaired) electrons. The SMILES string of the molecule is Cc1cccc(NC(=O)C(Sc2ccc(NC(=O)/C(=C/c3cccc(Br)c3)NC(=O)c3ccccc3)cc2)c2ccccc2)c1. The molecule has 1 atom stereocenters. The van der Waals surface area contributed by atoms with Crippen LogP contribution in [0, 0.1) is 6.92 Å². The molecule has 45 heavy (non-hydrogen) atoms. The van der Waals surface area contributed by atoms with Gasteiger partial charge in [-0.05, 0) is 90.4 Å². The predicted octanol–water partition coefficient (Wildman–Crippen LogP) is 8.64. The van der Waals surface area contributed by atoms with Crippen LogP contribution < -0.4 is 16.0 Å². The van der Waals surface area contributed by atoms with Gasteiger partial charge in [-0.15, -0.1) is 11.8 Å². The number of hydrogen-bond acceptors (Lipinski definition) is 4. The van der Waals surface area contributed by atoms with Crippen molar-refractivity contribution in [2.24, 2.45) is 0 Å². The van der Waals surface area contributed by atoms with E-state index in [-0.39, 0.29) is 11.6 Å². The molecule has 3 amide bonds. The summed E-state index contributed by atoms with van der Waals surface area (Å²) in [5.74, 6) is -1.00. The molecule has 0 saturated heterocycles. The monoisotopic (exact) mass is 675 g/mol. The van der Waals surface area contributed by atoms with E-state index >= 15 is 0 Å². The van der Waals surface area contributed by atoms with E-state index in [9.17, 15) is 14.4 Å². The molecule has 0 aromatic heterocycles.